The van der Waals surface area contributed by atoms with Crippen molar-refractivity contribution in [1.29, 1.82) is 0 Å². The maximum atomic E-state index is 10.5. The van der Waals surface area contributed by atoms with Gasteiger partial charge in [-0.3, -0.25) is 14.1 Å². The third-order valence-corrected chi connectivity index (χ3v) is 3.43. The maximum Gasteiger partial charge on any atom is 1.00 e. The van der Waals surface area contributed by atoms with Crippen LogP contribution in [0.1, 0.15) is 53.8 Å². The first kappa shape index (κ1) is 25.8. The largest absolute Gasteiger partial charge is 1.00 e. The van der Waals surface area contributed by atoms with E-state index in [-0.39, 0.29) is 55.5 Å². The van der Waals surface area contributed by atoms with Gasteiger partial charge in [0.15, 0.2) is 0 Å². The number of unbranched alkanes of at least 4 members (excludes halogenated alkanes) is 1. The minimum absolute atomic E-state index is 0. The molecule has 1 atom stereocenters. The van der Waals surface area contributed by atoms with Crippen molar-refractivity contribution >= 4 is 22.1 Å². The number of hydrogen-bond donors (Lipinski definition) is 3. The van der Waals surface area contributed by atoms with Crippen LogP contribution in [-0.4, -0.2) is 40.9 Å². The van der Waals surface area contributed by atoms with Gasteiger partial charge in [-0.1, -0.05) is 33.1 Å². The Morgan fingerprint density at radius 3 is 1.76 bits per heavy atom. The van der Waals surface area contributed by atoms with Crippen LogP contribution in [-0.2, 0) is 19.7 Å². The summed E-state index contributed by atoms with van der Waals surface area (Å²) in [5.41, 5.74) is 0. The molecule has 0 aliphatic carbocycles. The first-order valence-electron chi connectivity index (χ1n) is 6.51. The molecule has 9 heteroatoms. The number of aliphatic carboxylic acids is 2. The first-order valence-corrected chi connectivity index (χ1v) is 8.12. The van der Waals surface area contributed by atoms with Crippen molar-refractivity contribution in [2.75, 3.05) is 5.75 Å². The van der Waals surface area contributed by atoms with Gasteiger partial charge in [-0.05, 0) is 12.3 Å². The molecule has 1 unspecified atom stereocenters. The van der Waals surface area contributed by atoms with Gasteiger partial charge in [-0.25, -0.2) is 0 Å². The van der Waals surface area contributed by atoms with Crippen LogP contribution >= 0.6 is 0 Å². The molecule has 21 heavy (non-hydrogen) atoms. The molecule has 0 aliphatic heterocycles. The van der Waals surface area contributed by atoms with E-state index >= 15 is 0 Å². The van der Waals surface area contributed by atoms with Crippen LogP contribution in [0, 0.1) is 5.92 Å². The summed E-state index contributed by atoms with van der Waals surface area (Å²) >= 11 is 0. The molecule has 0 saturated heterocycles. The second-order valence-corrected chi connectivity index (χ2v) is 5.95. The Labute approximate surface area is 149 Å². The van der Waals surface area contributed by atoms with Crippen molar-refractivity contribution in [3.05, 3.63) is 0 Å². The van der Waals surface area contributed by atoms with E-state index in [2.05, 4.69) is 6.92 Å². The number of carboxylic acid groups (broad SMARTS) is 2. The van der Waals surface area contributed by atoms with Gasteiger partial charge >= 0.3 is 41.5 Å². The van der Waals surface area contributed by atoms with Crippen molar-refractivity contribution in [2.24, 2.45) is 5.92 Å². The topological polar surface area (TPSA) is 129 Å². The predicted octanol–water partition coefficient (Wildman–Crippen LogP) is -0.857. The van der Waals surface area contributed by atoms with Gasteiger partial charge in [0.2, 0.25) is 0 Å². The standard InChI is InChI=1S/C8H18O3S.C4H6O4.Na.H/c1-3-5-6-8(4-2)7-12(9,10)11;5-3(6)1-2-4(7)8;;/h8H,3-7H2,1-2H3,(H,9,10,11);1-2H2,(H,5,6)(H,7,8);;/q;;+1;-1. The van der Waals surface area contributed by atoms with Gasteiger partial charge in [0.1, 0.15) is 0 Å². The van der Waals surface area contributed by atoms with Crippen molar-refractivity contribution in [2.45, 2.75) is 52.4 Å². The van der Waals surface area contributed by atoms with E-state index in [0.717, 1.165) is 25.7 Å². The Morgan fingerprint density at radius 1 is 1.10 bits per heavy atom. The zero-order valence-corrected chi connectivity index (χ0v) is 15.7. The molecule has 3 N–H and O–H groups in total. The monoisotopic (exact) mass is 336 g/mol. The summed E-state index contributed by atoms with van der Waals surface area (Å²) in [6.07, 6.45) is 3.23. The summed E-state index contributed by atoms with van der Waals surface area (Å²) in [5, 5.41) is 15.8. The Bertz CT molecular complexity index is 373. The van der Waals surface area contributed by atoms with Gasteiger partial charge in [0, 0.05) is 0 Å². The number of carboxylic acids is 2. The van der Waals surface area contributed by atoms with E-state index < -0.39 is 22.1 Å². The Hall–Kier alpha value is -0.150. The van der Waals surface area contributed by atoms with Crippen LogP contribution in [0.15, 0.2) is 0 Å². The molecule has 0 rings (SSSR count). The van der Waals surface area contributed by atoms with E-state index in [0.29, 0.717) is 0 Å². The van der Waals surface area contributed by atoms with E-state index in [9.17, 15) is 18.0 Å². The molecule has 0 amide bonds. The second-order valence-electron chi connectivity index (χ2n) is 4.45. The minimum atomic E-state index is -3.77. The van der Waals surface area contributed by atoms with Crippen LogP contribution in [0.5, 0.6) is 0 Å². The fourth-order valence-corrected chi connectivity index (χ4v) is 2.41. The van der Waals surface area contributed by atoms with E-state index in [1.807, 2.05) is 6.92 Å². The van der Waals surface area contributed by atoms with Gasteiger partial charge in [0.05, 0.1) is 18.6 Å². The van der Waals surface area contributed by atoms with Crippen LogP contribution in [0.3, 0.4) is 0 Å². The average molecular weight is 336 g/mol. The van der Waals surface area contributed by atoms with E-state index in [1.165, 1.54) is 0 Å². The molecule has 0 aromatic rings. The molecular weight excluding hydrogens is 311 g/mol. The van der Waals surface area contributed by atoms with Crippen molar-refractivity contribution in [1.82, 2.24) is 0 Å². The average Bonchev–Trinajstić information content (AvgIpc) is 2.31. The summed E-state index contributed by atoms with van der Waals surface area (Å²) in [6.45, 7) is 4.02. The molecule has 0 saturated carbocycles. The van der Waals surface area contributed by atoms with E-state index in [4.69, 9.17) is 14.8 Å². The molecule has 0 heterocycles. The number of rotatable bonds is 9. The van der Waals surface area contributed by atoms with Gasteiger partial charge < -0.3 is 11.6 Å². The molecule has 7 nitrogen and oxygen atoms in total. The van der Waals surface area contributed by atoms with Crippen LogP contribution in [0.4, 0.5) is 0 Å². The quantitative estimate of drug-likeness (QED) is 0.369. The van der Waals surface area contributed by atoms with Gasteiger partial charge in [-0.2, -0.15) is 8.42 Å². The first-order chi connectivity index (χ1) is 9.12. The zero-order chi connectivity index (χ0) is 16.2. The summed E-state index contributed by atoms with van der Waals surface area (Å²) in [4.78, 5) is 19.3. The molecule has 0 aromatic carbocycles. The normalized spacial score (nSPS) is 11.6. The summed E-state index contributed by atoms with van der Waals surface area (Å²) < 4.78 is 29.6. The summed E-state index contributed by atoms with van der Waals surface area (Å²) in [6, 6.07) is 0. The predicted molar refractivity (Wildman–Crippen MR) is 75.3 cm³/mol. The summed E-state index contributed by atoms with van der Waals surface area (Å²) in [7, 11) is -3.77. The van der Waals surface area contributed by atoms with Crippen LogP contribution < -0.4 is 29.6 Å². The fraction of sp³-hybridized carbons (Fsp3) is 0.833. The third kappa shape index (κ3) is 25.2. The van der Waals surface area contributed by atoms with Crippen molar-refractivity contribution in [3.63, 3.8) is 0 Å². The smallest absolute Gasteiger partial charge is 1.00 e. The fourth-order valence-electron chi connectivity index (χ4n) is 1.41. The van der Waals surface area contributed by atoms with Gasteiger partial charge in [-0.15, -0.1) is 0 Å². The Kier molecular flexibility index (Phi) is 18.1. The van der Waals surface area contributed by atoms with Crippen LogP contribution in [0.2, 0.25) is 0 Å². The van der Waals surface area contributed by atoms with Gasteiger partial charge in [0.25, 0.3) is 10.1 Å². The molecule has 122 valence electrons. The third-order valence-electron chi connectivity index (χ3n) is 2.54. The molecule has 0 fully saturated rings. The van der Waals surface area contributed by atoms with Crippen molar-refractivity contribution in [3.8, 4) is 0 Å². The number of hydrogen-bond acceptors (Lipinski definition) is 4. The molecular formula is C12H25NaO7S. The SMILES string of the molecule is CCCCC(CC)CS(=O)(=O)O.O=C(O)CCC(=O)O.[H-].[Na+]. The Morgan fingerprint density at radius 2 is 1.52 bits per heavy atom. The maximum absolute atomic E-state index is 10.5. The number of carbonyl (C=O) groups is 2. The zero-order valence-electron chi connectivity index (χ0n) is 13.9. The van der Waals surface area contributed by atoms with E-state index in [1.54, 1.807) is 0 Å². The molecule has 0 bridgehead atoms. The van der Waals surface area contributed by atoms with Crippen molar-refractivity contribution < 1.29 is 63.8 Å². The summed E-state index contributed by atoms with van der Waals surface area (Å²) in [5.74, 6) is -2.11. The molecule has 0 aromatic heterocycles. The molecule has 0 radical (unpaired) electrons. The molecule has 0 spiro atoms. The minimum Gasteiger partial charge on any atom is -1.00 e. The Balaban J connectivity index is -0.000000144. The molecule has 0 aliphatic rings. The van der Waals surface area contributed by atoms with Crippen LogP contribution in [0.25, 0.3) is 0 Å². The second kappa shape index (κ2) is 14.8.